The third-order valence-corrected chi connectivity index (χ3v) is 6.02. The number of fused-ring (bicyclic) bond motifs is 2. The topological polar surface area (TPSA) is 50.2 Å². The van der Waals surface area contributed by atoms with Gasteiger partial charge in [-0.3, -0.25) is 4.79 Å². The summed E-state index contributed by atoms with van der Waals surface area (Å²) in [6.45, 7) is 8.27. The van der Waals surface area contributed by atoms with E-state index in [1.165, 1.54) is 11.1 Å². The predicted octanol–water partition coefficient (Wildman–Crippen LogP) is 5.12. The summed E-state index contributed by atoms with van der Waals surface area (Å²) in [5.41, 5.74) is 5.27. The van der Waals surface area contributed by atoms with Crippen LogP contribution in [0.2, 0.25) is 0 Å². The number of hydrogen-bond donors (Lipinski definition) is 1. The highest BCUT2D eigenvalue weighted by atomic mass is 35.5. The Balaban J connectivity index is 0.00000306. The highest BCUT2D eigenvalue weighted by Crippen LogP contribution is 2.35. The molecule has 0 bridgehead atoms. The third kappa shape index (κ3) is 4.85. The fourth-order valence-electron chi connectivity index (χ4n) is 4.28. The molecular formula is C24H26ClF3N4O. The molecule has 3 aromatic rings. The Kier molecular flexibility index (Phi) is 7.07. The number of carbonyl (C=O) groups is 1. The van der Waals surface area contributed by atoms with Gasteiger partial charge < -0.3 is 14.8 Å². The Morgan fingerprint density at radius 2 is 1.94 bits per heavy atom. The highest BCUT2D eigenvalue weighted by Gasteiger charge is 2.29. The molecule has 4 rings (SSSR count). The van der Waals surface area contributed by atoms with Crippen LogP contribution in [0.1, 0.15) is 32.9 Å². The van der Waals surface area contributed by atoms with Crippen molar-refractivity contribution in [1.82, 2.24) is 14.9 Å². The van der Waals surface area contributed by atoms with E-state index in [0.717, 1.165) is 28.6 Å². The molecule has 0 spiro atoms. The van der Waals surface area contributed by atoms with Crippen LogP contribution in [0.4, 0.5) is 19.0 Å². The lowest BCUT2D eigenvalue weighted by atomic mass is 10.00. The van der Waals surface area contributed by atoms with E-state index in [4.69, 9.17) is 0 Å². The molecule has 0 aliphatic carbocycles. The van der Waals surface area contributed by atoms with E-state index >= 15 is 0 Å². The van der Waals surface area contributed by atoms with Gasteiger partial charge in [0, 0.05) is 30.7 Å². The number of pyridine rings is 1. The number of hydrogen-bond acceptors (Lipinski definition) is 3. The maximum Gasteiger partial charge on any atom is 0.405 e. The third-order valence-electron chi connectivity index (χ3n) is 6.02. The van der Waals surface area contributed by atoms with Crippen molar-refractivity contribution in [2.45, 2.75) is 39.5 Å². The van der Waals surface area contributed by atoms with Crippen LogP contribution in [0.15, 0.2) is 43.0 Å². The zero-order valence-corrected chi connectivity index (χ0v) is 19.3. The molecule has 1 aliphatic rings. The summed E-state index contributed by atoms with van der Waals surface area (Å²) in [5, 5.41) is 2.76. The van der Waals surface area contributed by atoms with Gasteiger partial charge in [0.2, 0.25) is 0 Å². The molecule has 1 amide bonds. The number of nitrogens with one attached hydrogen (secondary N) is 1. The largest absolute Gasteiger partial charge is 0.405 e. The van der Waals surface area contributed by atoms with Crippen molar-refractivity contribution >= 4 is 35.0 Å². The van der Waals surface area contributed by atoms with Gasteiger partial charge in [0.15, 0.2) is 5.82 Å². The van der Waals surface area contributed by atoms with Gasteiger partial charge in [-0.05, 0) is 43.0 Å². The average molecular weight is 479 g/mol. The van der Waals surface area contributed by atoms with Gasteiger partial charge >= 0.3 is 6.18 Å². The second kappa shape index (κ2) is 9.47. The minimum absolute atomic E-state index is 0. The van der Waals surface area contributed by atoms with Gasteiger partial charge in [0.1, 0.15) is 12.2 Å². The number of alkyl halides is 3. The van der Waals surface area contributed by atoms with Crippen LogP contribution in [-0.2, 0) is 19.5 Å². The van der Waals surface area contributed by atoms with Gasteiger partial charge in [-0.1, -0.05) is 30.3 Å². The molecule has 2 aromatic heterocycles. The van der Waals surface area contributed by atoms with E-state index in [0.29, 0.717) is 25.5 Å². The SMILES string of the molecule is C=CCn1c(C)c(C)c2cc(C(=O)NCC(F)(F)F)nc(N3CCc4ccccc4C3)c21.Cl. The summed E-state index contributed by atoms with van der Waals surface area (Å²) in [6.07, 6.45) is -1.87. The van der Waals surface area contributed by atoms with Crippen molar-refractivity contribution in [2.24, 2.45) is 0 Å². The number of anilines is 1. The summed E-state index contributed by atoms with van der Waals surface area (Å²) in [6, 6.07) is 9.76. The van der Waals surface area contributed by atoms with Gasteiger partial charge in [0.05, 0.1) is 5.52 Å². The fourth-order valence-corrected chi connectivity index (χ4v) is 4.28. The highest BCUT2D eigenvalue weighted by molar-refractivity contribution is 6.01. The molecule has 3 heterocycles. The number of nitrogens with zero attached hydrogens (tertiary/aromatic N) is 3. The minimum atomic E-state index is -4.49. The molecule has 0 saturated heterocycles. The van der Waals surface area contributed by atoms with Crippen molar-refractivity contribution in [1.29, 1.82) is 0 Å². The predicted molar refractivity (Wildman–Crippen MR) is 126 cm³/mol. The lowest BCUT2D eigenvalue weighted by molar-refractivity contribution is -0.123. The molecule has 5 nitrogen and oxygen atoms in total. The van der Waals surface area contributed by atoms with E-state index in [1.54, 1.807) is 12.1 Å². The van der Waals surface area contributed by atoms with Crippen LogP contribution in [0, 0.1) is 13.8 Å². The van der Waals surface area contributed by atoms with E-state index in [1.807, 2.05) is 31.3 Å². The first-order valence-corrected chi connectivity index (χ1v) is 10.5. The zero-order valence-electron chi connectivity index (χ0n) is 18.5. The number of carbonyl (C=O) groups excluding carboxylic acids is 1. The molecule has 1 aromatic carbocycles. The summed E-state index contributed by atoms with van der Waals surface area (Å²) in [7, 11) is 0. The molecule has 0 saturated carbocycles. The summed E-state index contributed by atoms with van der Waals surface area (Å²) >= 11 is 0. The zero-order chi connectivity index (χ0) is 23.0. The normalized spacial score (nSPS) is 13.4. The number of halogens is 4. The van der Waals surface area contributed by atoms with Gasteiger partial charge in [0.25, 0.3) is 5.91 Å². The van der Waals surface area contributed by atoms with E-state index in [2.05, 4.69) is 33.2 Å². The van der Waals surface area contributed by atoms with Crippen LogP contribution in [-0.4, -0.2) is 34.7 Å². The smallest absolute Gasteiger partial charge is 0.350 e. The number of allylic oxidation sites excluding steroid dienone is 1. The maximum atomic E-state index is 12.6. The van der Waals surface area contributed by atoms with Crippen LogP contribution in [0.3, 0.4) is 0 Å². The molecule has 1 N–H and O–H groups in total. The van der Waals surface area contributed by atoms with Gasteiger partial charge in [-0.2, -0.15) is 13.2 Å². The van der Waals surface area contributed by atoms with Crippen molar-refractivity contribution in [3.8, 4) is 0 Å². The first-order chi connectivity index (χ1) is 15.2. The molecule has 0 unspecified atom stereocenters. The fraction of sp³-hybridized carbons (Fsp3) is 0.333. The second-order valence-electron chi connectivity index (χ2n) is 8.08. The first kappa shape index (κ1) is 24.6. The second-order valence-corrected chi connectivity index (χ2v) is 8.08. The lowest BCUT2D eigenvalue weighted by Crippen LogP contribution is -2.35. The summed E-state index contributed by atoms with van der Waals surface area (Å²) in [5.74, 6) is -0.233. The molecular weight excluding hydrogens is 453 g/mol. The number of rotatable bonds is 5. The Labute approximate surface area is 196 Å². The molecule has 0 radical (unpaired) electrons. The van der Waals surface area contributed by atoms with Crippen LogP contribution in [0.5, 0.6) is 0 Å². The van der Waals surface area contributed by atoms with Crippen molar-refractivity contribution in [3.05, 3.63) is 71.1 Å². The van der Waals surface area contributed by atoms with Crippen molar-refractivity contribution in [2.75, 3.05) is 18.0 Å². The van der Waals surface area contributed by atoms with E-state index in [9.17, 15) is 18.0 Å². The van der Waals surface area contributed by atoms with Crippen molar-refractivity contribution in [3.63, 3.8) is 0 Å². The van der Waals surface area contributed by atoms with E-state index < -0.39 is 18.6 Å². The molecule has 0 atom stereocenters. The Hall–Kier alpha value is -3.00. The molecule has 9 heteroatoms. The number of aryl methyl sites for hydroxylation is 1. The molecule has 33 heavy (non-hydrogen) atoms. The standard InChI is InChI=1S/C24H25F3N4O.ClH/c1-4-10-31-16(3)15(2)19-12-20(23(32)28-14-24(25,26)27)29-22(21(19)31)30-11-9-17-7-5-6-8-18(17)13-30;/h4-8,12H,1,9-11,13-14H2,2-3H3,(H,28,32);1H. The lowest BCUT2D eigenvalue weighted by Gasteiger charge is -2.31. The van der Waals surface area contributed by atoms with Crippen LogP contribution < -0.4 is 10.2 Å². The minimum Gasteiger partial charge on any atom is -0.350 e. The number of aromatic nitrogens is 2. The quantitative estimate of drug-likeness (QED) is 0.518. The Bertz CT molecular complexity index is 1200. The van der Waals surface area contributed by atoms with Crippen LogP contribution >= 0.6 is 12.4 Å². The summed E-state index contributed by atoms with van der Waals surface area (Å²) < 4.78 is 40.0. The van der Waals surface area contributed by atoms with Crippen LogP contribution in [0.25, 0.3) is 10.9 Å². The molecule has 1 aliphatic heterocycles. The monoisotopic (exact) mass is 478 g/mol. The van der Waals surface area contributed by atoms with Crippen molar-refractivity contribution < 1.29 is 18.0 Å². The maximum absolute atomic E-state index is 12.6. The first-order valence-electron chi connectivity index (χ1n) is 10.5. The average Bonchev–Trinajstić information content (AvgIpc) is 3.01. The van der Waals surface area contributed by atoms with Gasteiger partial charge in [-0.15, -0.1) is 19.0 Å². The van der Waals surface area contributed by atoms with Gasteiger partial charge in [-0.25, -0.2) is 4.98 Å². The summed E-state index contributed by atoms with van der Waals surface area (Å²) in [4.78, 5) is 19.3. The van der Waals surface area contributed by atoms with E-state index in [-0.39, 0.29) is 18.1 Å². The number of benzene rings is 1. The Morgan fingerprint density at radius 1 is 1.24 bits per heavy atom. The molecule has 0 fully saturated rings. The number of amides is 1. The molecule has 176 valence electrons. The Morgan fingerprint density at radius 3 is 2.61 bits per heavy atom.